The summed E-state index contributed by atoms with van der Waals surface area (Å²) in [6.45, 7) is 3.77. The molecule has 0 spiro atoms. The summed E-state index contributed by atoms with van der Waals surface area (Å²) in [7, 11) is 0. The number of halogens is 1. The number of aromatic hydroxyl groups is 1. The second-order valence-electron chi connectivity index (χ2n) is 6.71. The number of hydrazone groups is 1. The second kappa shape index (κ2) is 8.95. The molecule has 1 aliphatic heterocycles. The second-order valence-corrected chi connectivity index (χ2v) is 7.56. The van der Waals surface area contributed by atoms with Crippen molar-refractivity contribution in [3.8, 4) is 17.2 Å². The minimum atomic E-state index is -0.781. The van der Waals surface area contributed by atoms with Gasteiger partial charge in [0.1, 0.15) is 11.8 Å². The van der Waals surface area contributed by atoms with Crippen molar-refractivity contribution >= 4 is 34.0 Å². The molecular formula is C20H20BrN3O5. The molecule has 9 heteroatoms. The summed E-state index contributed by atoms with van der Waals surface area (Å²) < 4.78 is 11.0. The summed E-state index contributed by atoms with van der Waals surface area (Å²) in [5, 5.41) is 16.2. The van der Waals surface area contributed by atoms with Crippen LogP contribution in [0.4, 0.5) is 0 Å². The molecular weight excluding hydrogens is 442 g/mol. The van der Waals surface area contributed by atoms with Gasteiger partial charge >= 0.3 is 0 Å². The number of hydrogen-bond acceptors (Lipinski definition) is 6. The molecule has 2 aromatic carbocycles. The minimum Gasteiger partial charge on any atom is -0.507 e. The largest absolute Gasteiger partial charge is 0.507 e. The van der Waals surface area contributed by atoms with Crippen LogP contribution >= 0.6 is 15.9 Å². The van der Waals surface area contributed by atoms with Gasteiger partial charge in [0.25, 0.3) is 11.8 Å². The van der Waals surface area contributed by atoms with Gasteiger partial charge in [0.15, 0.2) is 11.5 Å². The molecule has 1 aliphatic rings. The van der Waals surface area contributed by atoms with Crippen molar-refractivity contribution in [1.82, 2.24) is 10.7 Å². The molecule has 152 valence electrons. The Balaban J connectivity index is 1.64. The number of nitrogens with zero attached hydrogens (tertiary/aromatic N) is 1. The molecule has 0 saturated carbocycles. The molecule has 0 aliphatic carbocycles. The molecule has 0 radical (unpaired) electrons. The van der Waals surface area contributed by atoms with Gasteiger partial charge in [-0.15, -0.1) is 0 Å². The van der Waals surface area contributed by atoms with Crippen LogP contribution in [0.1, 0.15) is 29.8 Å². The molecule has 0 saturated heterocycles. The third-order valence-electron chi connectivity index (χ3n) is 4.23. The van der Waals surface area contributed by atoms with Gasteiger partial charge in [-0.1, -0.05) is 13.8 Å². The van der Waals surface area contributed by atoms with E-state index < -0.39 is 17.9 Å². The van der Waals surface area contributed by atoms with E-state index in [-0.39, 0.29) is 18.5 Å². The Bertz CT molecular complexity index is 961. The molecule has 8 nitrogen and oxygen atoms in total. The molecule has 1 atom stereocenters. The number of phenolic OH excluding ortho intramolecular Hbond substituents is 1. The number of carbonyl (C=O) groups excluding carboxylic acids is 2. The van der Waals surface area contributed by atoms with Crippen LogP contribution in [-0.2, 0) is 4.79 Å². The number of ether oxygens (including phenoxy) is 2. The molecule has 0 fully saturated rings. The van der Waals surface area contributed by atoms with E-state index in [0.29, 0.717) is 27.1 Å². The lowest BCUT2D eigenvalue weighted by molar-refractivity contribution is -0.123. The number of carbonyl (C=O) groups is 2. The molecule has 1 unspecified atom stereocenters. The van der Waals surface area contributed by atoms with Crippen LogP contribution in [0.15, 0.2) is 46.0 Å². The standard InChI is InChI=1S/C20H20BrN3O5/c1-11(2)18(20(27)24-22-9-12-3-5-15(25)14(21)7-12)23-19(26)13-4-6-16-17(8-13)29-10-28-16/h3-9,11,18,25H,10H2,1-2H3,(H,23,26)(H,24,27)/b22-9-. The highest BCUT2D eigenvalue weighted by molar-refractivity contribution is 9.10. The van der Waals surface area contributed by atoms with Crippen molar-refractivity contribution in [3.63, 3.8) is 0 Å². The quantitative estimate of drug-likeness (QED) is 0.452. The monoisotopic (exact) mass is 461 g/mol. The number of amides is 2. The van der Waals surface area contributed by atoms with Gasteiger partial charge in [0.05, 0.1) is 10.7 Å². The maximum absolute atomic E-state index is 12.6. The van der Waals surface area contributed by atoms with Crippen LogP contribution in [0.5, 0.6) is 17.2 Å². The lowest BCUT2D eigenvalue weighted by Gasteiger charge is -2.20. The van der Waals surface area contributed by atoms with Crippen molar-refractivity contribution in [2.24, 2.45) is 11.0 Å². The fraction of sp³-hybridized carbons (Fsp3) is 0.250. The normalized spacial score (nSPS) is 13.5. The first-order valence-corrected chi connectivity index (χ1v) is 9.66. The van der Waals surface area contributed by atoms with E-state index >= 15 is 0 Å². The summed E-state index contributed by atoms with van der Waals surface area (Å²) in [5.41, 5.74) is 3.49. The van der Waals surface area contributed by atoms with Crippen LogP contribution in [0, 0.1) is 5.92 Å². The Labute approximate surface area is 176 Å². The Morgan fingerprint density at radius 2 is 1.93 bits per heavy atom. The van der Waals surface area contributed by atoms with Gasteiger partial charge in [-0.3, -0.25) is 9.59 Å². The van der Waals surface area contributed by atoms with Gasteiger partial charge in [0.2, 0.25) is 6.79 Å². The van der Waals surface area contributed by atoms with E-state index in [4.69, 9.17) is 9.47 Å². The predicted molar refractivity (Wildman–Crippen MR) is 110 cm³/mol. The SMILES string of the molecule is CC(C)C(NC(=O)c1ccc2c(c1)OCO2)C(=O)N/N=C\c1ccc(O)c(Br)c1. The van der Waals surface area contributed by atoms with Crippen molar-refractivity contribution in [3.05, 3.63) is 52.0 Å². The molecule has 2 amide bonds. The maximum Gasteiger partial charge on any atom is 0.262 e. The van der Waals surface area contributed by atoms with Gasteiger partial charge in [-0.2, -0.15) is 5.10 Å². The molecule has 3 rings (SSSR count). The number of rotatable bonds is 6. The first-order chi connectivity index (χ1) is 13.8. The van der Waals surface area contributed by atoms with Gasteiger partial charge in [-0.05, 0) is 63.8 Å². The van der Waals surface area contributed by atoms with Crippen LogP contribution < -0.4 is 20.2 Å². The van der Waals surface area contributed by atoms with Crippen LogP contribution in [0.2, 0.25) is 0 Å². The Morgan fingerprint density at radius 1 is 1.17 bits per heavy atom. The molecule has 3 N–H and O–H groups in total. The zero-order valence-corrected chi connectivity index (χ0v) is 17.4. The highest BCUT2D eigenvalue weighted by Gasteiger charge is 2.25. The number of benzene rings is 2. The van der Waals surface area contributed by atoms with E-state index in [1.54, 1.807) is 30.3 Å². The summed E-state index contributed by atoms with van der Waals surface area (Å²) in [6, 6.07) is 8.88. The van der Waals surface area contributed by atoms with E-state index in [2.05, 4.69) is 31.8 Å². The smallest absolute Gasteiger partial charge is 0.262 e. The number of hydrogen-bond donors (Lipinski definition) is 3. The average molecular weight is 462 g/mol. The predicted octanol–water partition coefficient (Wildman–Crippen LogP) is 2.79. The van der Waals surface area contributed by atoms with Gasteiger partial charge in [0, 0.05) is 5.56 Å². The first-order valence-electron chi connectivity index (χ1n) is 8.87. The van der Waals surface area contributed by atoms with Crippen molar-refractivity contribution < 1.29 is 24.2 Å². The summed E-state index contributed by atoms with van der Waals surface area (Å²) in [6.07, 6.45) is 1.44. The minimum absolute atomic E-state index is 0.109. The van der Waals surface area contributed by atoms with E-state index in [9.17, 15) is 14.7 Å². The van der Waals surface area contributed by atoms with E-state index in [1.807, 2.05) is 13.8 Å². The van der Waals surface area contributed by atoms with Crippen molar-refractivity contribution in [1.29, 1.82) is 0 Å². The molecule has 0 bridgehead atoms. The maximum atomic E-state index is 12.6. The fourth-order valence-electron chi connectivity index (χ4n) is 2.64. The third kappa shape index (κ3) is 5.05. The van der Waals surface area contributed by atoms with E-state index in [1.165, 1.54) is 12.3 Å². The number of phenols is 1. The zero-order chi connectivity index (χ0) is 21.0. The summed E-state index contributed by atoms with van der Waals surface area (Å²) >= 11 is 3.21. The Morgan fingerprint density at radius 3 is 2.66 bits per heavy atom. The first kappa shape index (κ1) is 20.7. The topological polar surface area (TPSA) is 109 Å². The Hall–Kier alpha value is -3.07. The Kier molecular flexibility index (Phi) is 6.38. The average Bonchev–Trinajstić information content (AvgIpc) is 3.16. The third-order valence-corrected chi connectivity index (χ3v) is 4.87. The zero-order valence-electron chi connectivity index (χ0n) is 15.8. The summed E-state index contributed by atoms with van der Waals surface area (Å²) in [5.74, 6) is 0.179. The molecule has 2 aromatic rings. The number of nitrogens with one attached hydrogen (secondary N) is 2. The lowest BCUT2D eigenvalue weighted by atomic mass is 10.0. The van der Waals surface area contributed by atoms with Crippen molar-refractivity contribution in [2.75, 3.05) is 6.79 Å². The van der Waals surface area contributed by atoms with Crippen LogP contribution in [0.3, 0.4) is 0 Å². The molecule has 1 heterocycles. The number of fused-ring (bicyclic) bond motifs is 1. The highest BCUT2D eigenvalue weighted by atomic mass is 79.9. The molecule has 0 aromatic heterocycles. The highest BCUT2D eigenvalue weighted by Crippen LogP contribution is 2.32. The van der Waals surface area contributed by atoms with Crippen molar-refractivity contribution in [2.45, 2.75) is 19.9 Å². The summed E-state index contributed by atoms with van der Waals surface area (Å²) in [4.78, 5) is 25.1. The lowest BCUT2D eigenvalue weighted by Crippen LogP contribution is -2.48. The van der Waals surface area contributed by atoms with Crippen LogP contribution in [0.25, 0.3) is 0 Å². The van der Waals surface area contributed by atoms with E-state index in [0.717, 1.165) is 0 Å². The fourth-order valence-corrected chi connectivity index (χ4v) is 3.04. The van der Waals surface area contributed by atoms with Gasteiger partial charge in [-0.25, -0.2) is 5.43 Å². The van der Waals surface area contributed by atoms with Gasteiger partial charge < -0.3 is 19.9 Å². The van der Waals surface area contributed by atoms with Crippen LogP contribution in [-0.4, -0.2) is 36.0 Å². The molecule has 29 heavy (non-hydrogen) atoms.